The normalized spacial score (nSPS) is 22.5. The number of ether oxygens (including phenoxy) is 1. The minimum Gasteiger partial charge on any atom is -0.459 e. The molecular formula is C10H14N2O3. The topological polar surface area (TPSA) is 65.2 Å². The first-order chi connectivity index (χ1) is 7.04. The summed E-state index contributed by atoms with van der Waals surface area (Å²) in [5.41, 5.74) is 0.221. The molecule has 1 heterocycles. The number of rotatable bonds is 3. The summed E-state index contributed by atoms with van der Waals surface area (Å²) in [6.07, 6.45) is 1.03. The smallest absolute Gasteiger partial charge is 0.396 e. The zero-order chi connectivity index (χ0) is 11.1. The summed E-state index contributed by atoms with van der Waals surface area (Å²) in [6, 6.07) is 0. The van der Waals surface area contributed by atoms with Crippen LogP contribution in [0, 0.1) is 5.41 Å². The quantitative estimate of drug-likeness (QED) is 0.711. The van der Waals surface area contributed by atoms with E-state index < -0.39 is 5.97 Å². The molecule has 1 aromatic rings. The number of aromatic nitrogens is 2. The van der Waals surface area contributed by atoms with Gasteiger partial charge in [0, 0.05) is 5.92 Å². The van der Waals surface area contributed by atoms with Crippen LogP contribution in [-0.2, 0) is 4.74 Å². The van der Waals surface area contributed by atoms with Gasteiger partial charge < -0.3 is 9.15 Å². The predicted molar refractivity (Wildman–Crippen MR) is 51.4 cm³/mol. The molecule has 5 nitrogen and oxygen atoms in total. The van der Waals surface area contributed by atoms with E-state index in [4.69, 9.17) is 9.15 Å². The fourth-order valence-corrected chi connectivity index (χ4v) is 1.54. The molecule has 1 saturated carbocycles. The minimum atomic E-state index is -0.547. The standard InChI is InChI=1S/C10H14N2O3/c1-4-14-9(13)8-12-11-7(15-8)6-5-10(6,2)3/h6H,4-5H2,1-3H3. The fourth-order valence-electron chi connectivity index (χ4n) is 1.54. The predicted octanol–water partition coefficient (Wildman–Crippen LogP) is 1.76. The second-order valence-corrected chi connectivity index (χ2v) is 4.41. The lowest BCUT2D eigenvalue weighted by Crippen LogP contribution is -2.04. The first-order valence-electron chi connectivity index (χ1n) is 5.05. The van der Waals surface area contributed by atoms with Gasteiger partial charge in [-0.2, -0.15) is 0 Å². The largest absolute Gasteiger partial charge is 0.459 e. The van der Waals surface area contributed by atoms with Crippen molar-refractivity contribution in [2.24, 2.45) is 5.41 Å². The molecule has 0 saturated heterocycles. The lowest BCUT2D eigenvalue weighted by atomic mass is 10.1. The Morgan fingerprint density at radius 3 is 2.80 bits per heavy atom. The van der Waals surface area contributed by atoms with Crippen molar-refractivity contribution < 1.29 is 13.9 Å². The molecule has 0 aromatic carbocycles. The van der Waals surface area contributed by atoms with Crippen LogP contribution in [0.15, 0.2) is 4.42 Å². The van der Waals surface area contributed by atoms with Gasteiger partial charge in [0.2, 0.25) is 5.89 Å². The molecule has 0 N–H and O–H groups in total. The molecular weight excluding hydrogens is 196 g/mol. The maximum absolute atomic E-state index is 11.2. The van der Waals surface area contributed by atoms with Gasteiger partial charge in [0.1, 0.15) is 0 Å². The Labute approximate surface area is 87.8 Å². The number of carbonyl (C=O) groups is 1. The number of carbonyl (C=O) groups excluding carboxylic acids is 1. The van der Waals surface area contributed by atoms with E-state index in [0.717, 1.165) is 6.42 Å². The zero-order valence-corrected chi connectivity index (χ0v) is 9.11. The Hall–Kier alpha value is -1.39. The summed E-state index contributed by atoms with van der Waals surface area (Å²) in [7, 11) is 0. The second-order valence-electron chi connectivity index (χ2n) is 4.41. The van der Waals surface area contributed by atoms with Crippen LogP contribution >= 0.6 is 0 Å². The van der Waals surface area contributed by atoms with Gasteiger partial charge >= 0.3 is 11.9 Å². The summed E-state index contributed by atoms with van der Waals surface area (Å²) >= 11 is 0. The molecule has 15 heavy (non-hydrogen) atoms. The molecule has 1 fully saturated rings. The van der Waals surface area contributed by atoms with E-state index in [9.17, 15) is 4.79 Å². The van der Waals surface area contributed by atoms with Crippen LogP contribution in [0.4, 0.5) is 0 Å². The second kappa shape index (κ2) is 3.32. The van der Waals surface area contributed by atoms with E-state index in [1.54, 1.807) is 6.92 Å². The van der Waals surface area contributed by atoms with Crippen LogP contribution in [0.5, 0.6) is 0 Å². The van der Waals surface area contributed by atoms with E-state index >= 15 is 0 Å². The summed E-state index contributed by atoms with van der Waals surface area (Å²) < 4.78 is 10.0. The molecule has 5 heteroatoms. The van der Waals surface area contributed by atoms with Gasteiger partial charge in [0.25, 0.3) is 0 Å². The molecule has 1 aliphatic rings. The molecule has 0 aliphatic heterocycles. The third kappa shape index (κ3) is 1.86. The third-order valence-electron chi connectivity index (χ3n) is 2.70. The molecule has 1 aliphatic carbocycles. The van der Waals surface area contributed by atoms with E-state index in [1.807, 2.05) is 0 Å². The first-order valence-corrected chi connectivity index (χ1v) is 5.05. The van der Waals surface area contributed by atoms with Crippen LogP contribution in [0.2, 0.25) is 0 Å². The minimum absolute atomic E-state index is 0.0467. The molecule has 2 rings (SSSR count). The van der Waals surface area contributed by atoms with Crippen molar-refractivity contribution in [3.05, 3.63) is 11.8 Å². The lowest BCUT2D eigenvalue weighted by Gasteiger charge is -1.97. The average Bonchev–Trinajstić information content (AvgIpc) is 2.66. The van der Waals surface area contributed by atoms with Gasteiger partial charge in [0.15, 0.2) is 0 Å². The fraction of sp³-hybridized carbons (Fsp3) is 0.700. The lowest BCUT2D eigenvalue weighted by molar-refractivity contribution is 0.0478. The van der Waals surface area contributed by atoms with Gasteiger partial charge in [0.05, 0.1) is 6.61 Å². The number of hydrogen-bond acceptors (Lipinski definition) is 5. The first kappa shape index (κ1) is 10.1. The summed E-state index contributed by atoms with van der Waals surface area (Å²) in [4.78, 5) is 11.2. The van der Waals surface area contributed by atoms with Crippen molar-refractivity contribution in [2.75, 3.05) is 6.61 Å². The maximum Gasteiger partial charge on any atom is 0.396 e. The van der Waals surface area contributed by atoms with Gasteiger partial charge in [-0.05, 0) is 18.8 Å². The highest BCUT2D eigenvalue weighted by Crippen LogP contribution is 2.58. The van der Waals surface area contributed by atoms with Gasteiger partial charge in [-0.25, -0.2) is 4.79 Å². The molecule has 1 atom stereocenters. The van der Waals surface area contributed by atoms with Crippen molar-refractivity contribution in [1.29, 1.82) is 0 Å². The summed E-state index contributed by atoms with van der Waals surface area (Å²) in [6.45, 7) is 6.31. The molecule has 82 valence electrons. The molecule has 1 unspecified atom stereocenters. The summed E-state index contributed by atoms with van der Waals surface area (Å²) in [5, 5.41) is 7.53. The third-order valence-corrected chi connectivity index (χ3v) is 2.70. The Bertz CT molecular complexity index is 384. The highest BCUT2D eigenvalue weighted by atomic mass is 16.5. The SMILES string of the molecule is CCOC(=O)c1nnc(C2CC2(C)C)o1. The van der Waals surface area contributed by atoms with Gasteiger partial charge in [-0.1, -0.05) is 13.8 Å². The van der Waals surface area contributed by atoms with E-state index in [2.05, 4.69) is 24.0 Å². The Balaban J connectivity index is 2.08. The van der Waals surface area contributed by atoms with E-state index in [0.29, 0.717) is 12.5 Å². The van der Waals surface area contributed by atoms with Crippen LogP contribution in [-0.4, -0.2) is 22.8 Å². The Kier molecular flexibility index (Phi) is 2.25. The van der Waals surface area contributed by atoms with Crippen LogP contribution in [0.3, 0.4) is 0 Å². The van der Waals surface area contributed by atoms with Crippen molar-refractivity contribution in [2.45, 2.75) is 33.1 Å². The van der Waals surface area contributed by atoms with E-state index in [-0.39, 0.29) is 17.2 Å². The van der Waals surface area contributed by atoms with Crippen molar-refractivity contribution in [1.82, 2.24) is 10.2 Å². The highest BCUT2D eigenvalue weighted by molar-refractivity contribution is 5.83. The Morgan fingerprint density at radius 2 is 2.27 bits per heavy atom. The molecule has 0 radical (unpaired) electrons. The number of esters is 1. The van der Waals surface area contributed by atoms with Gasteiger partial charge in [-0.3, -0.25) is 0 Å². The zero-order valence-electron chi connectivity index (χ0n) is 9.11. The molecule has 0 spiro atoms. The average molecular weight is 210 g/mol. The van der Waals surface area contributed by atoms with Crippen molar-refractivity contribution in [3.63, 3.8) is 0 Å². The molecule has 0 bridgehead atoms. The van der Waals surface area contributed by atoms with Crippen LogP contribution in [0.25, 0.3) is 0 Å². The van der Waals surface area contributed by atoms with Crippen LogP contribution < -0.4 is 0 Å². The number of nitrogens with zero attached hydrogens (tertiary/aromatic N) is 2. The maximum atomic E-state index is 11.2. The van der Waals surface area contributed by atoms with Gasteiger partial charge in [-0.15, -0.1) is 10.2 Å². The highest BCUT2D eigenvalue weighted by Gasteiger charge is 2.50. The van der Waals surface area contributed by atoms with Crippen molar-refractivity contribution in [3.8, 4) is 0 Å². The summed E-state index contributed by atoms with van der Waals surface area (Å²) in [5.74, 6) is 0.237. The van der Waals surface area contributed by atoms with Crippen molar-refractivity contribution >= 4 is 5.97 Å². The number of hydrogen-bond donors (Lipinski definition) is 0. The van der Waals surface area contributed by atoms with Crippen LogP contribution in [0.1, 0.15) is 49.7 Å². The Morgan fingerprint density at radius 1 is 1.60 bits per heavy atom. The van der Waals surface area contributed by atoms with E-state index in [1.165, 1.54) is 0 Å². The molecule has 0 amide bonds. The monoisotopic (exact) mass is 210 g/mol. The molecule has 1 aromatic heterocycles.